The number of ether oxygens (including phenoxy) is 1. The van der Waals surface area contributed by atoms with E-state index >= 15 is 0 Å². The summed E-state index contributed by atoms with van der Waals surface area (Å²) in [7, 11) is 0. The van der Waals surface area contributed by atoms with Crippen molar-refractivity contribution in [1.82, 2.24) is 0 Å². The second-order valence-electron chi connectivity index (χ2n) is 6.33. The number of unbranched alkanes of at least 4 members (excludes halogenated alkanes) is 3. The molecule has 0 aromatic heterocycles. The van der Waals surface area contributed by atoms with E-state index in [2.05, 4.69) is 31.2 Å². The second-order valence-corrected chi connectivity index (χ2v) is 6.33. The van der Waals surface area contributed by atoms with Gasteiger partial charge in [-0.05, 0) is 49.3 Å². The maximum atomic E-state index is 12.0. The van der Waals surface area contributed by atoms with E-state index in [0.29, 0.717) is 6.54 Å². The Labute approximate surface area is 127 Å². The highest BCUT2D eigenvalue weighted by atomic mass is 16.6. The van der Waals surface area contributed by atoms with Gasteiger partial charge < -0.3 is 4.74 Å². The van der Waals surface area contributed by atoms with Crippen molar-refractivity contribution in [3.8, 4) is 0 Å². The van der Waals surface area contributed by atoms with E-state index in [4.69, 9.17) is 4.74 Å². The maximum absolute atomic E-state index is 12.0. The fourth-order valence-corrected chi connectivity index (χ4v) is 3.02. The normalized spacial score (nSPS) is 21.7. The lowest BCUT2D eigenvalue weighted by molar-refractivity contribution is 0.135. The number of carbonyl (C=O) groups excluding carboxylic acids is 1. The molecule has 1 saturated heterocycles. The molecule has 3 nitrogen and oxygen atoms in total. The quantitative estimate of drug-likeness (QED) is 0.670. The topological polar surface area (TPSA) is 29.5 Å². The minimum absolute atomic E-state index is 0.0671. The Balaban J connectivity index is 1.54. The third kappa shape index (κ3) is 3.58. The van der Waals surface area contributed by atoms with Crippen LogP contribution in [0.4, 0.5) is 10.5 Å². The molecule has 1 aliphatic carbocycles. The third-order valence-electron chi connectivity index (χ3n) is 4.51. The molecule has 2 aliphatic rings. The van der Waals surface area contributed by atoms with E-state index in [1.165, 1.54) is 37.7 Å². The lowest BCUT2D eigenvalue weighted by Gasteiger charge is -2.13. The molecular weight excluding hydrogens is 262 g/mol. The van der Waals surface area contributed by atoms with Crippen LogP contribution in [0.25, 0.3) is 0 Å². The van der Waals surface area contributed by atoms with Crippen LogP contribution in [0.1, 0.15) is 63.4 Å². The molecule has 1 atom stereocenters. The average molecular weight is 287 g/mol. The Morgan fingerprint density at radius 1 is 1.14 bits per heavy atom. The van der Waals surface area contributed by atoms with Gasteiger partial charge in [-0.15, -0.1) is 0 Å². The van der Waals surface area contributed by atoms with Gasteiger partial charge >= 0.3 is 6.09 Å². The zero-order valence-electron chi connectivity index (χ0n) is 12.9. The number of rotatable bonds is 7. The van der Waals surface area contributed by atoms with Crippen LogP contribution in [-0.2, 0) is 4.74 Å². The summed E-state index contributed by atoms with van der Waals surface area (Å²) in [5, 5.41) is 0. The van der Waals surface area contributed by atoms with Crippen molar-refractivity contribution >= 4 is 11.8 Å². The molecule has 0 spiro atoms. The summed E-state index contributed by atoms with van der Waals surface area (Å²) in [4.78, 5) is 13.8. The monoisotopic (exact) mass is 287 g/mol. The van der Waals surface area contributed by atoms with Crippen molar-refractivity contribution in [1.29, 1.82) is 0 Å². The Morgan fingerprint density at radius 2 is 1.90 bits per heavy atom. The highest BCUT2D eigenvalue weighted by molar-refractivity contribution is 5.89. The fraction of sp³-hybridized carbons (Fsp3) is 0.611. The number of benzene rings is 1. The summed E-state index contributed by atoms with van der Waals surface area (Å²) in [6.07, 6.45) is 8.39. The Kier molecular flexibility index (Phi) is 4.47. The van der Waals surface area contributed by atoms with Gasteiger partial charge in [-0.1, -0.05) is 38.3 Å². The van der Waals surface area contributed by atoms with Crippen LogP contribution < -0.4 is 4.90 Å². The molecule has 21 heavy (non-hydrogen) atoms. The minimum atomic E-state index is -0.185. The predicted octanol–water partition coefficient (Wildman–Crippen LogP) is 4.86. The van der Waals surface area contributed by atoms with Gasteiger partial charge in [0.2, 0.25) is 0 Å². The molecule has 1 amide bonds. The number of hydrogen-bond donors (Lipinski definition) is 0. The van der Waals surface area contributed by atoms with Crippen molar-refractivity contribution in [3.63, 3.8) is 0 Å². The summed E-state index contributed by atoms with van der Waals surface area (Å²) in [6, 6.07) is 8.45. The van der Waals surface area contributed by atoms with Crippen molar-refractivity contribution in [2.75, 3.05) is 11.4 Å². The van der Waals surface area contributed by atoms with E-state index in [0.717, 1.165) is 24.4 Å². The van der Waals surface area contributed by atoms with Crippen LogP contribution in [0.2, 0.25) is 0 Å². The molecular formula is C18H25NO2. The van der Waals surface area contributed by atoms with Crippen molar-refractivity contribution in [3.05, 3.63) is 29.8 Å². The van der Waals surface area contributed by atoms with Crippen LogP contribution in [-0.4, -0.2) is 18.7 Å². The highest BCUT2D eigenvalue weighted by Gasteiger charge is 2.32. The average Bonchev–Trinajstić information content (AvgIpc) is 3.28. The first kappa shape index (κ1) is 14.4. The number of amides is 1. The lowest BCUT2D eigenvalue weighted by Crippen LogP contribution is -2.24. The molecule has 3 heteroatoms. The number of cyclic esters (lactones) is 1. The van der Waals surface area contributed by atoms with E-state index in [1.54, 1.807) is 4.90 Å². The smallest absolute Gasteiger partial charge is 0.414 e. The number of carbonyl (C=O) groups is 1. The van der Waals surface area contributed by atoms with Crippen LogP contribution >= 0.6 is 0 Å². The number of hydrogen-bond acceptors (Lipinski definition) is 2. The SMILES string of the molecule is CCCCCCC1CN(c2ccc(C3CC3)cc2)C(=O)O1. The molecule has 114 valence electrons. The molecule has 3 rings (SSSR count). The molecule has 1 aromatic rings. The second kappa shape index (κ2) is 6.50. The minimum Gasteiger partial charge on any atom is -0.444 e. The summed E-state index contributed by atoms with van der Waals surface area (Å²) in [5.41, 5.74) is 2.38. The largest absolute Gasteiger partial charge is 0.444 e. The van der Waals surface area contributed by atoms with Gasteiger partial charge in [0.15, 0.2) is 0 Å². The molecule has 0 N–H and O–H groups in total. The van der Waals surface area contributed by atoms with Gasteiger partial charge in [-0.25, -0.2) is 4.79 Å². The van der Waals surface area contributed by atoms with Crippen LogP contribution in [0, 0.1) is 0 Å². The van der Waals surface area contributed by atoms with Gasteiger partial charge in [-0.2, -0.15) is 0 Å². The van der Waals surface area contributed by atoms with Gasteiger partial charge in [0.25, 0.3) is 0 Å². The highest BCUT2D eigenvalue weighted by Crippen LogP contribution is 2.40. The third-order valence-corrected chi connectivity index (χ3v) is 4.51. The van der Waals surface area contributed by atoms with Gasteiger partial charge in [0.05, 0.1) is 6.54 Å². The van der Waals surface area contributed by atoms with Gasteiger partial charge in [-0.3, -0.25) is 4.90 Å². The Bertz CT molecular complexity index is 478. The first-order valence-corrected chi connectivity index (χ1v) is 8.36. The molecule has 1 aliphatic heterocycles. The molecule has 0 radical (unpaired) electrons. The zero-order chi connectivity index (χ0) is 14.7. The van der Waals surface area contributed by atoms with E-state index < -0.39 is 0 Å². The van der Waals surface area contributed by atoms with Gasteiger partial charge in [0.1, 0.15) is 6.10 Å². The van der Waals surface area contributed by atoms with E-state index in [9.17, 15) is 4.79 Å². The molecule has 0 bridgehead atoms. The first-order chi connectivity index (χ1) is 10.3. The summed E-state index contributed by atoms with van der Waals surface area (Å²) < 4.78 is 5.49. The predicted molar refractivity (Wildman–Crippen MR) is 84.8 cm³/mol. The molecule has 1 unspecified atom stereocenters. The molecule has 1 aromatic carbocycles. The fourth-order valence-electron chi connectivity index (χ4n) is 3.02. The summed E-state index contributed by atoms with van der Waals surface area (Å²) >= 11 is 0. The Hall–Kier alpha value is -1.51. The molecule has 1 saturated carbocycles. The molecule has 2 fully saturated rings. The summed E-state index contributed by atoms with van der Waals surface area (Å²) in [5.74, 6) is 0.760. The molecule has 1 heterocycles. The van der Waals surface area contributed by atoms with Crippen molar-refractivity contribution in [2.45, 2.75) is 63.9 Å². The summed E-state index contributed by atoms with van der Waals surface area (Å²) in [6.45, 7) is 2.91. The van der Waals surface area contributed by atoms with Crippen molar-refractivity contribution < 1.29 is 9.53 Å². The van der Waals surface area contributed by atoms with Crippen LogP contribution in [0.15, 0.2) is 24.3 Å². The van der Waals surface area contributed by atoms with Crippen LogP contribution in [0.5, 0.6) is 0 Å². The van der Waals surface area contributed by atoms with Gasteiger partial charge in [0, 0.05) is 5.69 Å². The number of anilines is 1. The van der Waals surface area contributed by atoms with E-state index in [1.807, 2.05) is 0 Å². The zero-order valence-corrected chi connectivity index (χ0v) is 12.9. The Morgan fingerprint density at radius 3 is 2.57 bits per heavy atom. The standard InChI is InChI=1S/C18H25NO2/c1-2-3-4-5-6-17-13-19(18(20)21-17)16-11-9-15(10-12-16)14-7-8-14/h9-12,14,17H,2-8,13H2,1H3. The van der Waals surface area contributed by atoms with Crippen LogP contribution in [0.3, 0.4) is 0 Å². The lowest BCUT2D eigenvalue weighted by atomic mass is 10.1. The maximum Gasteiger partial charge on any atom is 0.414 e. The van der Waals surface area contributed by atoms with Crippen molar-refractivity contribution in [2.24, 2.45) is 0 Å². The number of nitrogens with zero attached hydrogens (tertiary/aromatic N) is 1. The first-order valence-electron chi connectivity index (χ1n) is 8.36. The van der Waals surface area contributed by atoms with E-state index in [-0.39, 0.29) is 12.2 Å².